The molecule has 29 heavy (non-hydrogen) atoms. The Balaban J connectivity index is 2.37. The molecule has 0 saturated carbocycles. The van der Waals surface area contributed by atoms with Gasteiger partial charge in [-0.1, -0.05) is 10.3 Å². The zero-order valence-corrected chi connectivity index (χ0v) is 15.5. The van der Waals surface area contributed by atoms with Crippen LogP contribution in [0.3, 0.4) is 0 Å². The molecule has 8 N–H and O–H groups in total. The fourth-order valence-electron chi connectivity index (χ4n) is 2.64. The lowest BCUT2D eigenvalue weighted by Crippen LogP contribution is -2.26. The van der Waals surface area contributed by atoms with Crippen molar-refractivity contribution in [1.29, 1.82) is 0 Å². The van der Waals surface area contributed by atoms with Gasteiger partial charge in [0.1, 0.15) is 0 Å². The second-order valence-corrected chi connectivity index (χ2v) is 6.11. The fourth-order valence-corrected chi connectivity index (χ4v) is 2.64. The zero-order valence-electron chi connectivity index (χ0n) is 15.5. The first-order valence-corrected chi connectivity index (χ1v) is 8.64. The van der Waals surface area contributed by atoms with Gasteiger partial charge >= 0.3 is 0 Å². The van der Waals surface area contributed by atoms with Crippen molar-refractivity contribution in [1.82, 2.24) is 0 Å². The first-order chi connectivity index (χ1) is 13.9. The molecule has 0 bridgehead atoms. The minimum atomic E-state index is -0.476. The minimum absolute atomic E-state index is 0.0565. The van der Waals surface area contributed by atoms with Crippen molar-refractivity contribution in [2.75, 3.05) is 4.90 Å². The molecule has 0 aliphatic rings. The van der Waals surface area contributed by atoms with Crippen LogP contribution in [0.4, 0.5) is 11.4 Å². The Bertz CT molecular complexity index is 861. The van der Waals surface area contributed by atoms with Gasteiger partial charge in [0.05, 0.1) is 0 Å². The standard InChI is InChI=1S/C19H22N6O4/c20-16(26)2-1-3-17(27)25(14-8-4-12(5-9-14)18(21)23-28)15-10-6-13(7-11-15)19(22)24-29/h4-11,28-29H,1-3H2,(H2,20,26)(H2,21,23)(H2,22,24). The van der Waals surface area contributed by atoms with E-state index in [1.807, 2.05) is 0 Å². The van der Waals surface area contributed by atoms with E-state index in [0.717, 1.165) is 0 Å². The molecule has 2 rings (SSSR count). The van der Waals surface area contributed by atoms with Crippen LogP contribution >= 0.6 is 0 Å². The third-order valence-corrected chi connectivity index (χ3v) is 4.12. The van der Waals surface area contributed by atoms with Gasteiger partial charge in [-0.15, -0.1) is 0 Å². The summed E-state index contributed by atoms with van der Waals surface area (Å²) in [7, 11) is 0. The van der Waals surface area contributed by atoms with Crippen LogP contribution in [-0.2, 0) is 9.59 Å². The summed E-state index contributed by atoms with van der Waals surface area (Å²) < 4.78 is 0. The Hall–Kier alpha value is -4.08. The Morgan fingerprint density at radius 2 is 1.17 bits per heavy atom. The van der Waals surface area contributed by atoms with E-state index in [0.29, 0.717) is 28.9 Å². The monoisotopic (exact) mass is 398 g/mol. The number of amidine groups is 2. The molecule has 0 atom stereocenters. The highest BCUT2D eigenvalue weighted by atomic mass is 16.4. The minimum Gasteiger partial charge on any atom is -0.409 e. The van der Waals surface area contributed by atoms with Gasteiger partial charge in [-0.3, -0.25) is 14.5 Å². The van der Waals surface area contributed by atoms with Gasteiger partial charge in [-0.25, -0.2) is 0 Å². The third-order valence-electron chi connectivity index (χ3n) is 4.12. The Morgan fingerprint density at radius 3 is 1.52 bits per heavy atom. The number of primary amides is 1. The highest BCUT2D eigenvalue weighted by Crippen LogP contribution is 2.27. The summed E-state index contributed by atoms with van der Waals surface area (Å²) in [6.07, 6.45) is 0.520. The van der Waals surface area contributed by atoms with Crippen LogP contribution in [0, 0.1) is 0 Å². The summed E-state index contributed by atoms with van der Waals surface area (Å²) in [5, 5.41) is 23.5. The molecule has 0 heterocycles. The first-order valence-electron chi connectivity index (χ1n) is 8.64. The maximum absolute atomic E-state index is 12.9. The normalized spacial score (nSPS) is 11.9. The van der Waals surface area contributed by atoms with Crippen molar-refractivity contribution in [2.45, 2.75) is 19.3 Å². The van der Waals surface area contributed by atoms with Crippen LogP contribution in [0.5, 0.6) is 0 Å². The molecule has 0 aliphatic carbocycles. The molecule has 152 valence electrons. The predicted octanol–water partition coefficient (Wildman–Crippen LogP) is 1.20. The third kappa shape index (κ3) is 5.45. The van der Waals surface area contributed by atoms with Crippen molar-refractivity contribution in [3.63, 3.8) is 0 Å². The van der Waals surface area contributed by atoms with Crippen molar-refractivity contribution >= 4 is 34.9 Å². The molecule has 0 saturated heterocycles. The lowest BCUT2D eigenvalue weighted by atomic mass is 10.1. The summed E-state index contributed by atoms with van der Waals surface area (Å²) >= 11 is 0. The number of nitrogens with zero attached hydrogens (tertiary/aromatic N) is 3. The molecule has 0 spiro atoms. The molecular formula is C19H22N6O4. The molecule has 2 aromatic rings. The van der Waals surface area contributed by atoms with Gasteiger partial charge < -0.3 is 27.6 Å². The van der Waals surface area contributed by atoms with Crippen LogP contribution in [0.1, 0.15) is 30.4 Å². The van der Waals surface area contributed by atoms with Gasteiger partial charge in [-0.05, 0) is 55.0 Å². The molecule has 0 radical (unpaired) electrons. The molecule has 0 fully saturated rings. The van der Waals surface area contributed by atoms with E-state index >= 15 is 0 Å². The van der Waals surface area contributed by atoms with Crippen molar-refractivity contribution < 1.29 is 20.0 Å². The summed E-state index contributed by atoms with van der Waals surface area (Å²) in [5.74, 6) is -0.840. The second kappa shape index (κ2) is 9.74. The number of carbonyl (C=O) groups is 2. The average molecular weight is 398 g/mol. The Kier molecular flexibility index (Phi) is 7.13. The Morgan fingerprint density at radius 1 is 0.759 bits per heavy atom. The quantitative estimate of drug-likeness (QED) is 0.193. The lowest BCUT2D eigenvalue weighted by Gasteiger charge is -2.23. The number of benzene rings is 2. The number of nitrogens with two attached hydrogens (primary N) is 3. The van der Waals surface area contributed by atoms with Crippen molar-refractivity contribution in [3.8, 4) is 0 Å². The summed E-state index contributed by atoms with van der Waals surface area (Å²) in [6.45, 7) is 0. The molecule has 0 aliphatic heterocycles. The van der Waals surface area contributed by atoms with E-state index in [9.17, 15) is 9.59 Å². The van der Waals surface area contributed by atoms with Crippen molar-refractivity contribution in [2.24, 2.45) is 27.5 Å². The van der Waals surface area contributed by atoms with E-state index in [-0.39, 0.29) is 30.4 Å². The number of hydrogen-bond acceptors (Lipinski definition) is 6. The lowest BCUT2D eigenvalue weighted by molar-refractivity contribution is -0.119. The fraction of sp³-hybridized carbons (Fsp3) is 0.158. The van der Waals surface area contributed by atoms with Crippen LogP contribution in [0.25, 0.3) is 0 Å². The number of rotatable bonds is 8. The number of amides is 2. The summed E-state index contributed by atoms with van der Waals surface area (Å²) in [4.78, 5) is 25.3. The first kappa shape index (κ1) is 21.2. The maximum atomic E-state index is 12.9. The number of hydrogen-bond donors (Lipinski definition) is 5. The van der Waals surface area contributed by atoms with E-state index in [1.54, 1.807) is 48.5 Å². The molecule has 0 aromatic heterocycles. The van der Waals surface area contributed by atoms with E-state index in [2.05, 4.69) is 10.3 Å². The predicted molar refractivity (Wildman–Crippen MR) is 108 cm³/mol. The molecule has 10 nitrogen and oxygen atoms in total. The zero-order chi connectivity index (χ0) is 21.4. The van der Waals surface area contributed by atoms with Gasteiger partial charge in [0, 0.05) is 35.3 Å². The van der Waals surface area contributed by atoms with Crippen LogP contribution < -0.4 is 22.1 Å². The van der Waals surface area contributed by atoms with E-state index in [1.165, 1.54) is 4.90 Å². The average Bonchev–Trinajstić information content (AvgIpc) is 2.73. The molecule has 2 amide bonds. The van der Waals surface area contributed by atoms with Gasteiger partial charge in [-0.2, -0.15) is 0 Å². The van der Waals surface area contributed by atoms with Gasteiger partial charge in [0.25, 0.3) is 0 Å². The van der Waals surface area contributed by atoms with Crippen LogP contribution in [0.2, 0.25) is 0 Å². The highest BCUT2D eigenvalue weighted by molar-refractivity contribution is 6.03. The number of anilines is 2. The molecule has 0 unspecified atom stereocenters. The summed E-state index contributed by atoms with van der Waals surface area (Å²) in [5.41, 5.74) is 18.3. The number of carbonyl (C=O) groups excluding carboxylic acids is 2. The molecular weight excluding hydrogens is 376 g/mol. The summed E-state index contributed by atoms with van der Waals surface area (Å²) in [6, 6.07) is 13.0. The van der Waals surface area contributed by atoms with Gasteiger partial charge in [0.15, 0.2) is 11.7 Å². The Labute approximate surface area is 166 Å². The van der Waals surface area contributed by atoms with E-state index in [4.69, 9.17) is 27.6 Å². The van der Waals surface area contributed by atoms with Crippen LogP contribution in [-0.4, -0.2) is 33.9 Å². The highest BCUT2D eigenvalue weighted by Gasteiger charge is 2.18. The van der Waals surface area contributed by atoms with Gasteiger partial charge in [0.2, 0.25) is 11.8 Å². The van der Waals surface area contributed by atoms with E-state index < -0.39 is 5.91 Å². The topological polar surface area (TPSA) is 181 Å². The van der Waals surface area contributed by atoms with Crippen molar-refractivity contribution in [3.05, 3.63) is 59.7 Å². The SMILES string of the molecule is NC(=O)CCCC(=O)N(c1ccc(C(N)=NO)cc1)c1ccc(C(N)=NO)cc1. The number of oxime groups is 2. The smallest absolute Gasteiger partial charge is 0.231 e. The maximum Gasteiger partial charge on any atom is 0.231 e. The largest absolute Gasteiger partial charge is 0.409 e. The molecule has 10 heteroatoms. The van der Waals surface area contributed by atoms with Crippen LogP contribution in [0.15, 0.2) is 58.8 Å². The second-order valence-electron chi connectivity index (χ2n) is 6.11. The molecule has 2 aromatic carbocycles.